The number of benzene rings is 5. The Morgan fingerprint density at radius 1 is 0.479 bits per heavy atom. The molecule has 48 heavy (non-hydrogen) atoms. The minimum absolute atomic E-state index is 0.314. The van der Waals surface area contributed by atoms with E-state index in [4.69, 9.17) is 9.47 Å². The Hall–Kier alpha value is -6.12. The van der Waals surface area contributed by atoms with Crippen LogP contribution in [-0.4, -0.2) is 23.6 Å². The van der Waals surface area contributed by atoms with Gasteiger partial charge in [0.05, 0.1) is 23.2 Å². The minimum atomic E-state index is -1.16. The number of hydrogen-bond acceptors (Lipinski definition) is 6. The van der Waals surface area contributed by atoms with Crippen molar-refractivity contribution in [3.8, 4) is 11.5 Å². The first kappa shape index (κ1) is 28.1. The summed E-state index contributed by atoms with van der Waals surface area (Å²) in [5.41, 5.74) is 2.02. The number of carbonyl (C=O) groups excluding carboxylic acids is 4. The standard InChI is InChI=1S/C40H26N2O6/c43-33-23-24-34(44)41(33)27-15-19-29(20-16-27)47-30-21-17-28(18-22-30)42-37(45)35-36(38(42)46)40(26-11-5-2-6-12-26)32-14-8-7-13-31(32)39(35,48-40)25-9-3-1-4-10-25/h1-24,35-36H. The van der Waals surface area contributed by atoms with E-state index in [1.165, 1.54) is 17.1 Å². The maximum Gasteiger partial charge on any atom is 0.258 e. The van der Waals surface area contributed by atoms with Crippen molar-refractivity contribution in [1.29, 1.82) is 0 Å². The SMILES string of the molecule is O=C1C=CC(=O)N1c1ccc(Oc2ccc(N3C(=O)C4C(C3=O)C3(c5ccccc5)OC4(c4ccccc4)c4ccccc43)cc2)cc1. The van der Waals surface area contributed by atoms with Crippen LogP contribution in [0.25, 0.3) is 0 Å². The predicted octanol–water partition coefficient (Wildman–Crippen LogP) is 6.25. The van der Waals surface area contributed by atoms with E-state index >= 15 is 0 Å². The highest BCUT2D eigenvalue weighted by Gasteiger charge is 2.78. The maximum atomic E-state index is 14.7. The van der Waals surface area contributed by atoms with Crippen LogP contribution >= 0.6 is 0 Å². The fourth-order valence-electron chi connectivity index (χ4n) is 7.98. The van der Waals surface area contributed by atoms with Gasteiger partial charge in [0.2, 0.25) is 11.8 Å². The molecule has 4 atom stereocenters. The Balaban J connectivity index is 1.07. The summed E-state index contributed by atoms with van der Waals surface area (Å²) in [6.45, 7) is 0. The van der Waals surface area contributed by atoms with Crippen molar-refractivity contribution >= 4 is 35.0 Å². The Morgan fingerprint density at radius 3 is 1.31 bits per heavy atom. The zero-order chi connectivity index (χ0) is 32.6. The molecule has 9 rings (SSSR count). The average Bonchev–Trinajstić information content (AvgIpc) is 3.83. The van der Waals surface area contributed by atoms with Crippen molar-refractivity contribution in [2.75, 3.05) is 9.80 Å². The van der Waals surface area contributed by atoms with Gasteiger partial charge < -0.3 is 9.47 Å². The van der Waals surface area contributed by atoms with Gasteiger partial charge >= 0.3 is 0 Å². The number of fused-ring (bicyclic) bond motifs is 8. The molecule has 0 N–H and O–H groups in total. The molecule has 5 aromatic rings. The molecule has 8 heteroatoms. The summed E-state index contributed by atoms with van der Waals surface area (Å²) in [4.78, 5) is 55.7. The second-order valence-corrected chi connectivity index (χ2v) is 12.3. The maximum absolute atomic E-state index is 14.7. The van der Waals surface area contributed by atoms with Gasteiger partial charge in [-0.25, -0.2) is 9.80 Å². The molecule has 0 aliphatic carbocycles. The highest BCUT2D eigenvalue weighted by Crippen LogP contribution is 2.70. The Kier molecular flexibility index (Phi) is 5.97. The van der Waals surface area contributed by atoms with Gasteiger partial charge in [0.25, 0.3) is 11.8 Å². The van der Waals surface area contributed by atoms with Gasteiger partial charge in [0, 0.05) is 12.2 Å². The number of rotatable bonds is 6. The average molecular weight is 631 g/mol. The molecule has 2 fully saturated rings. The van der Waals surface area contributed by atoms with Crippen LogP contribution in [0.1, 0.15) is 22.3 Å². The second kappa shape index (κ2) is 10.2. The molecule has 0 saturated carbocycles. The van der Waals surface area contributed by atoms with E-state index in [0.717, 1.165) is 27.2 Å². The first-order valence-corrected chi connectivity index (χ1v) is 15.7. The molecule has 5 aromatic carbocycles. The molecule has 4 aliphatic heterocycles. The molecule has 4 aliphatic rings. The van der Waals surface area contributed by atoms with Crippen molar-refractivity contribution in [2.24, 2.45) is 11.8 Å². The number of amides is 4. The van der Waals surface area contributed by atoms with Crippen molar-refractivity contribution in [3.63, 3.8) is 0 Å². The lowest BCUT2D eigenvalue weighted by Crippen LogP contribution is -2.42. The monoisotopic (exact) mass is 630 g/mol. The molecule has 2 bridgehead atoms. The topological polar surface area (TPSA) is 93.2 Å². The third kappa shape index (κ3) is 3.69. The van der Waals surface area contributed by atoms with Crippen LogP contribution in [0.4, 0.5) is 11.4 Å². The Morgan fingerprint density at radius 2 is 0.875 bits per heavy atom. The molecule has 0 spiro atoms. The summed E-state index contributed by atoms with van der Waals surface area (Å²) >= 11 is 0. The molecule has 8 nitrogen and oxygen atoms in total. The normalized spacial score (nSPS) is 25.2. The fourth-order valence-corrected chi connectivity index (χ4v) is 7.98. The molecule has 4 amide bonds. The van der Waals surface area contributed by atoms with Crippen LogP contribution in [-0.2, 0) is 35.1 Å². The van der Waals surface area contributed by atoms with Gasteiger partial charge in [-0.3, -0.25) is 19.2 Å². The van der Waals surface area contributed by atoms with Crippen LogP contribution in [0.2, 0.25) is 0 Å². The van der Waals surface area contributed by atoms with E-state index in [2.05, 4.69) is 0 Å². The summed E-state index contributed by atoms with van der Waals surface area (Å²) in [6, 6.07) is 40.8. The number of imide groups is 2. The third-order valence-electron chi connectivity index (χ3n) is 9.87. The molecule has 232 valence electrons. The van der Waals surface area contributed by atoms with E-state index in [1.54, 1.807) is 48.5 Å². The summed E-state index contributed by atoms with van der Waals surface area (Å²) < 4.78 is 13.2. The summed E-state index contributed by atoms with van der Waals surface area (Å²) in [5, 5.41) is 0. The summed E-state index contributed by atoms with van der Waals surface area (Å²) in [7, 11) is 0. The van der Waals surface area contributed by atoms with Crippen molar-refractivity contribution in [3.05, 3.63) is 168 Å². The highest BCUT2D eigenvalue weighted by atomic mass is 16.5. The molecular weight excluding hydrogens is 604 g/mol. The molecular formula is C40H26N2O6. The Labute approximate surface area is 275 Å². The Bertz CT molecular complexity index is 2070. The van der Waals surface area contributed by atoms with Crippen LogP contribution in [0.5, 0.6) is 11.5 Å². The molecule has 0 aromatic heterocycles. The van der Waals surface area contributed by atoms with Gasteiger partial charge in [-0.15, -0.1) is 0 Å². The zero-order valence-electron chi connectivity index (χ0n) is 25.4. The van der Waals surface area contributed by atoms with Gasteiger partial charge in [0.1, 0.15) is 22.7 Å². The molecule has 0 radical (unpaired) electrons. The first-order valence-electron chi connectivity index (χ1n) is 15.7. The molecule has 4 heterocycles. The van der Waals surface area contributed by atoms with Crippen molar-refractivity contribution in [1.82, 2.24) is 0 Å². The number of nitrogens with zero attached hydrogens (tertiary/aromatic N) is 2. The van der Waals surface area contributed by atoms with E-state index in [0.29, 0.717) is 22.9 Å². The number of carbonyl (C=O) groups is 4. The van der Waals surface area contributed by atoms with E-state index < -0.39 is 34.9 Å². The van der Waals surface area contributed by atoms with Crippen molar-refractivity contribution in [2.45, 2.75) is 11.2 Å². The largest absolute Gasteiger partial charge is 0.457 e. The fraction of sp³-hybridized carbons (Fsp3) is 0.100. The second-order valence-electron chi connectivity index (χ2n) is 12.3. The number of hydrogen-bond donors (Lipinski definition) is 0. The summed E-state index contributed by atoms with van der Waals surface area (Å²) in [5.74, 6) is -2.03. The predicted molar refractivity (Wildman–Crippen MR) is 176 cm³/mol. The number of anilines is 2. The van der Waals surface area contributed by atoms with Gasteiger partial charge in [-0.05, 0) is 70.8 Å². The van der Waals surface area contributed by atoms with Gasteiger partial charge in [-0.1, -0.05) is 84.9 Å². The van der Waals surface area contributed by atoms with Crippen LogP contribution in [0, 0.1) is 11.8 Å². The molecule has 2 saturated heterocycles. The van der Waals surface area contributed by atoms with E-state index in [9.17, 15) is 19.2 Å². The molecule has 4 unspecified atom stereocenters. The highest BCUT2D eigenvalue weighted by molar-refractivity contribution is 6.28. The lowest BCUT2D eigenvalue weighted by atomic mass is 9.61. The van der Waals surface area contributed by atoms with Gasteiger partial charge in [0.15, 0.2) is 0 Å². The summed E-state index contributed by atoms with van der Waals surface area (Å²) in [6.07, 6.45) is 2.47. The number of ether oxygens (including phenoxy) is 2. The van der Waals surface area contributed by atoms with E-state index in [1.807, 2.05) is 84.9 Å². The quantitative estimate of drug-likeness (QED) is 0.206. The minimum Gasteiger partial charge on any atom is -0.457 e. The van der Waals surface area contributed by atoms with Crippen LogP contribution in [0.15, 0.2) is 146 Å². The lowest BCUT2D eigenvalue weighted by molar-refractivity contribution is -0.131. The van der Waals surface area contributed by atoms with Gasteiger partial charge in [-0.2, -0.15) is 0 Å². The lowest BCUT2D eigenvalue weighted by Gasteiger charge is -2.34. The van der Waals surface area contributed by atoms with E-state index in [-0.39, 0.29) is 11.8 Å². The first-order chi connectivity index (χ1) is 23.4. The third-order valence-corrected chi connectivity index (χ3v) is 9.87. The van der Waals surface area contributed by atoms with Crippen molar-refractivity contribution < 1.29 is 28.7 Å². The zero-order valence-corrected chi connectivity index (χ0v) is 25.4. The smallest absolute Gasteiger partial charge is 0.258 e. The van der Waals surface area contributed by atoms with Crippen LogP contribution in [0.3, 0.4) is 0 Å². The van der Waals surface area contributed by atoms with Crippen LogP contribution < -0.4 is 14.5 Å².